The Kier molecular flexibility index (Phi) is 7.04. The number of nitrogens with two attached hydrogens (primary N) is 1. The van der Waals surface area contributed by atoms with Crippen molar-refractivity contribution in [3.05, 3.63) is 35.9 Å². The molecular weight excluding hydrogens is 388 g/mol. The molecule has 9 heteroatoms. The van der Waals surface area contributed by atoms with E-state index in [9.17, 15) is 24.3 Å². The lowest BCUT2D eigenvalue weighted by Crippen LogP contribution is -2.55. The van der Waals surface area contributed by atoms with Crippen molar-refractivity contribution in [2.45, 2.75) is 50.2 Å². The number of rotatable bonds is 8. The molecule has 162 valence electrons. The van der Waals surface area contributed by atoms with Gasteiger partial charge >= 0.3 is 5.97 Å². The van der Waals surface area contributed by atoms with Crippen molar-refractivity contribution in [2.24, 2.45) is 11.7 Å². The second kappa shape index (κ2) is 9.71. The van der Waals surface area contributed by atoms with E-state index >= 15 is 0 Å². The number of primary amides is 1. The average Bonchev–Trinajstić information content (AvgIpc) is 3.37. The van der Waals surface area contributed by atoms with Crippen LogP contribution < -0.4 is 16.4 Å². The molecule has 0 aromatic heterocycles. The highest BCUT2D eigenvalue weighted by Crippen LogP contribution is 2.28. The molecule has 0 aliphatic carbocycles. The molecule has 0 spiro atoms. The normalized spacial score (nSPS) is 24.4. The summed E-state index contributed by atoms with van der Waals surface area (Å²) in [5, 5.41) is 15.6. The Morgan fingerprint density at radius 3 is 2.53 bits per heavy atom. The lowest BCUT2D eigenvalue weighted by Gasteiger charge is -2.29. The van der Waals surface area contributed by atoms with E-state index in [2.05, 4.69) is 10.6 Å². The van der Waals surface area contributed by atoms with Crippen LogP contribution in [-0.4, -0.2) is 64.9 Å². The minimum Gasteiger partial charge on any atom is -0.480 e. The van der Waals surface area contributed by atoms with Gasteiger partial charge in [0.1, 0.15) is 12.1 Å². The molecule has 3 amide bonds. The van der Waals surface area contributed by atoms with E-state index in [1.165, 1.54) is 4.90 Å². The van der Waals surface area contributed by atoms with Crippen LogP contribution in [0.5, 0.6) is 0 Å². The first-order chi connectivity index (χ1) is 14.4. The molecule has 4 atom stereocenters. The molecule has 0 bridgehead atoms. The summed E-state index contributed by atoms with van der Waals surface area (Å²) >= 11 is 0. The number of carbonyl (C=O) groups is 4. The monoisotopic (exact) mass is 416 g/mol. The maximum Gasteiger partial charge on any atom is 0.326 e. The van der Waals surface area contributed by atoms with E-state index in [0.29, 0.717) is 12.8 Å². The third-order valence-electron chi connectivity index (χ3n) is 5.80. The number of aliphatic carboxylic acids is 1. The number of nitrogens with zero attached hydrogens (tertiary/aromatic N) is 1. The third-order valence-corrected chi connectivity index (χ3v) is 5.80. The van der Waals surface area contributed by atoms with Gasteiger partial charge in [-0.3, -0.25) is 14.4 Å². The van der Waals surface area contributed by atoms with Gasteiger partial charge in [-0.05, 0) is 31.4 Å². The van der Waals surface area contributed by atoms with Gasteiger partial charge in [0.05, 0.1) is 6.04 Å². The standard InChI is InChI=1S/C21H28N4O5/c22-17(26)12-14-8-10-25(18(14)21(29)30)20(28)16(11-13-5-2-1-3-6-13)24-19(27)15-7-4-9-23-15/h1-3,5-6,14-16,18,23H,4,7-12H2,(H2,22,26)(H,24,27)(H,29,30)/t14-,15-,16-,18-/m0/s1. The van der Waals surface area contributed by atoms with Crippen molar-refractivity contribution >= 4 is 23.7 Å². The Morgan fingerprint density at radius 1 is 1.20 bits per heavy atom. The van der Waals surface area contributed by atoms with Crippen molar-refractivity contribution in [1.82, 2.24) is 15.5 Å². The van der Waals surface area contributed by atoms with E-state index < -0.39 is 35.8 Å². The first-order valence-electron chi connectivity index (χ1n) is 10.3. The largest absolute Gasteiger partial charge is 0.480 e. The first kappa shape index (κ1) is 21.8. The summed E-state index contributed by atoms with van der Waals surface area (Å²) < 4.78 is 0. The minimum absolute atomic E-state index is 0.0948. The highest BCUT2D eigenvalue weighted by Gasteiger charge is 2.44. The molecule has 1 aromatic rings. The fourth-order valence-electron chi connectivity index (χ4n) is 4.34. The average molecular weight is 416 g/mol. The molecule has 2 fully saturated rings. The van der Waals surface area contributed by atoms with Gasteiger partial charge in [-0.2, -0.15) is 0 Å². The van der Waals surface area contributed by atoms with E-state index in [-0.39, 0.29) is 31.3 Å². The third kappa shape index (κ3) is 5.15. The van der Waals surface area contributed by atoms with Crippen LogP contribution in [-0.2, 0) is 25.6 Å². The van der Waals surface area contributed by atoms with Gasteiger partial charge in [-0.1, -0.05) is 30.3 Å². The summed E-state index contributed by atoms with van der Waals surface area (Å²) in [5.74, 6) is -3.02. The fourth-order valence-corrected chi connectivity index (χ4v) is 4.34. The SMILES string of the molecule is NC(=O)C[C@@H]1CCN(C(=O)[C@H](Cc2ccccc2)NC(=O)[C@@H]2CCCN2)[C@@H]1C(=O)O. The Morgan fingerprint density at radius 2 is 1.93 bits per heavy atom. The summed E-state index contributed by atoms with van der Waals surface area (Å²) in [5.41, 5.74) is 6.11. The number of carbonyl (C=O) groups excluding carboxylic acids is 3. The van der Waals surface area contributed by atoms with Gasteiger partial charge in [0.25, 0.3) is 0 Å². The number of hydrogen-bond donors (Lipinski definition) is 4. The molecule has 1 aromatic carbocycles. The van der Waals surface area contributed by atoms with Crippen molar-refractivity contribution in [3.63, 3.8) is 0 Å². The molecule has 2 aliphatic heterocycles. The summed E-state index contributed by atoms with van der Waals surface area (Å²) in [6.07, 6.45) is 2.11. The molecule has 0 saturated carbocycles. The molecule has 2 aliphatic rings. The molecular formula is C21H28N4O5. The zero-order valence-electron chi connectivity index (χ0n) is 16.8. The number of carboxylic acids is 1. The Hall–Kier alpha value is -2.94. The fraction of sp³-hybridized carbons (Fsp3) is 0.524. The van der Waals surface area contributed by atoms with Crippen LogP contribution in [0, 0.1) is 5.92 Å². The maximum atomic E-state index is 13.4. The van der Waals surface area contributed by atoms with Crippen molar-refractivity contribution in [3.8, 4) is 0 Å². The molecule has 0 radical (unpaired) electrons. The Bertz CT molecular complexity index is 794. The van der Waals surface area contributed by atoms with E-state index in [0.717, 1.165) is 18.5 Å². The van der Waals surface area contributed by atoms with Gasteiger partial charge in [0.2, 0.25) is 17.7 Å². The topological polar surface area (TPSA) is 142 Å². The molecule has 5 N–H and O–H groups in total. The number of amides is 3. The minimum atomic E-state index is -1.17. The van der Waals surface area contributed by atoms with E-state index in [4.69, 9.17) is 5.73 Å². The van der Waals surface area contributed by atoms with Crippen LogP contribution in [0.3, 0.4) is 0 Å². The lowest BCUT2D eigenvalue weighted by atomic mass is 9.96. The highest BCUT2D eigenvalue weighted by molar-refractivity contribution is 5.92. The zero-order valence-corrected chi connectivity index (χ0v) is 16.8. The van der Waals surface area contributed by atoms with Gasteiger partial charge in [0.15, 0.2) is 0 Å². The number of carboxylic acid groups (broad SMARTS) is 1. The zero-order chi connectivity index (χ0) is 21.7. The summed E-state index contributed by atoms with van der Waals surface area (Å²) in [6, 6.07) is 6.88. The van der Waals surface area contributed by atoms with Crippen molar-refractivity contribution < 1.29 is 24.3 Å². The Labute approximate surface area is 175 Å². The number of likely N-dealkylation sites (tertiary alicyclic amines) is 1. The van der Waals surface area contributed by atoms with Gasteiger partial charge in [0, 0.05) is 25.3 Å². The number of hydrogen-bond acceptors (Lipinski definition) is 5. The molecule has 0 unspecified atom stereocenters. The molecule has 2 saturated heterocycles. The van der Waals surface area contributed by atoms with Crippen LogP contribution >= 0.6 is 0 Å². The van der Waals surface area contributed by atoms with E-state index in [1.807, 2.05) is 30.3 Å². The molecule has 2 heterocycles. The van der Waals surface area contributed by atoms with Crippen LogP contribution in [0.25, 0.3) is 0 Å². The van der Waals surface area contributed by atoms with Crippen molar-refractivity contribution in [2.75, 3.05) is 13.1 Å². The highest BCUT2D eigenvalue weighted by atomic mass is 16.4. The predicted molar refractivity (Wildman–Crippen MR) is 108 cm³/mol. The van der Waals surface area contributed by atoms with Gasteiger partial charge < -0.3 is 26.4 Å². The first-order valence-corrected chi connectivity index (χ1v) is 10.3. The van der Waals surface area contributed by atoms with Gasteiger partial charge in [-0.15, -0.1) is 0 Å². The molecule has 3 rings (SSSR count). The smallest absolute Gasteiger partial charge is 0.326 e. The predicted octanol–water partition coefficient (Wildman–Crippen LogP) is -0.357. The molecule has 9 nitrogen and oxygen atoms in total. The van der Waals surface area contributed by atoms with Gasteiger partial charge in [-0.25, -0.2) is 4.79 Å². The van der Waals surface area contributed by atoms with E-state index in [1.54, 1.807) is 0 Å². The van der Waals surface area contributed by atoms with Crippen LogP contribution in [0.15, 0.2) is 30.3 Å². The maximum absolute atomic E-state index is 13.4. The summed E-state index contributed by atoms with van der Waals surface area (Å²) in [4.78, 5) is 50.5. The lowest BCUT2D eigenvalue weighted by molar-refractivity contribution is -0.151. The summed E-state index contributed by atoms with van der Waals surface area (Å²) in [6.45, 7) is 0.952. The number of nitrogens with one attached hydrogen (secondary N) is 2. The van der Waals surface area contributed by atoms with Crippen molar-refractivity contribution in [1.29, 1.82) is 0 Å². The van der Waals surface area contributed by atoms with Crippen LogP contribution in [0.1, 0.15) is 31.2 Å². The summed E-state index contributed by atoms with van der Waals surface area (Å²) in [7, 11) is 0. The second-order valence-corrected chi connectivity index (χ2v) is 7.93. The van der Waals surface area contributed by atoms with Crippen LogP contribution in [0.4, 0.5) is 0 Å². The molecule has 30 heavy (non-hydrogen) atoms. The quantitative estimate of drug-likeness (QED) is 0.456. The number of benzene rings is 1. The second-order valence-electron chi connectivity index (χ2n) is 7.93. The Balaban J connectivity index is 1.80. The van der Waals surface area contributed by atoms with Crippen LogP contribution in [0.2, 0.25) is 0 Å².